The second-order valence-electron chi connectivity index (χ2n) is 5.62. The Hall–Kier alpha value is -2.66. The van der Waals surface area contributed by atoms with Gasteiger partial charge in [0.2, 0.25) is 5.91 Å². The number of benzene rings is 2. The predicted octanol–water partition coefficient (Wildman–Crippen LogP) is 3.55. The van der Waals surface area contributed by atoms with Crippen molar-refractivity contribution in [3.05, 3.63) is 64.7 Å². The lowest BCUT2D eigenvalue weighted by atomic mass is 10.0. The van der Waals surface area contributed by atoms with Crippen LogP contribution in [-0.4, -0.2) is 23.6 Å². The van der Waals surface area contributed by atoms with Crippen LogP contribution in [-0.2, 0) is 16.1 Å². The summed E-state index contributed by atoms with van der Waals surface area (Å²) in [5, 5.41) is 11.9. The van der Waals surface area contributed by atoms with Gasteiger partial charge in [-0.1, -0.05) is 36.4 Å². The summed E-state index contributed by atoms with van der Waals surface area (Å²) in [5.41, 5.74) is 3.26. The van der Waals surface area contributed by atoms with Gasteiger partial charge in [-0.3, -0.25) is 4.79 Å². The normalized spacial score (nSPS) is 10.4. The molecule has 0 aliphatic heterocycles. The minimum absolute atomic E-state index is 0.191. The summed E-state index contributed by atoms with van der Waals surface area (Å²) in [6.07, 6.45) is 0.211. The molecule has 0 aromatic heterocycles. The maximum Gasteiger partial charge on any atom is 0.336 e. The molecule has 0 radical (unpaired) electrons. The van der Waals surface area contributed by atoms with Crippen LogP contribution in [0.1, 0.15) is 33.5 Å². The summed E-state index contributed by atoms with van der Waals surface area (Å²) in [6, 6.07) is 13.0. The highest BCUT2D eigenvalue weighted by atomic mass is 16.5. The van der Waals surface area contributed by atoms with Gasteiger partial charge in [0.15, 0.2) is 0 Å². The van der Waals surface area contributed by atoms with Crippen LogP contribution in [0.3, 0.4) is 0 Å². The molecule has 1 amide bonds. The van der Waals surface area contributed by atoms with Crippen LogP contribution < -0.4 is 5.32 Å². The van der Waals surface area contributed by atoms with Gasteiger partial charge in [0.25, 0.3) is 0 Å². The van der Waals surface area contributed by atoms with E-state index in [1.807, 2.05) is 37.3 Å². The Morgan fingerprint density at radius 1 is 1.08 bits per heavy atom. The zero-order valence-corrected chi connectivity index (χ0v) is 13.8. The lowest BCUT2D eigenvalue weighted by Gasteiger charge is -2.11. The summed E-state index contributed by atoms with van der Waals surface area (Å²) in [6.45, 7) is 4.33. The standard InChI is InChI=1S/C19H21NO4/c1-13-10-14(2)17(11-16(13)19(22)23)20-18(21)8-9-24-12-15-6-4-3-5-7-15/h3-7,10-11H,8-9,12H2,1-2H3,(H,20,21)(H,22,23). The molecule has 0 bridgehead atoms. The second-order valence-corrected chi connectivity index (χ2v) is 5.62. The third-order valence-corrected chi connectivity index (χ3v) is 3.66. The molecule has 5 nitrogen and oxygen atoms in total. The van der Waals surface area contributed by atoms with Gasteiger partial charge < -0.3 is 15.2 Å². The molecule has 0 aliphatic rings. The number of aromatic carboxylic acids is 1. The van der Waals surface area contributed by atoms with Gasteiger partial charge in [-0.25, -0.2) is 4.79 Å². The van der Waals surface area contributed by atoms with Gasteiger partial charge in [0.1, 0.15) is 0 Å². The van der Waals surface area contributed by atoms with Crippen molar-refractivity contribution in [3.63, 3.8) is 0 Å². The van der Waals surface area contributed by atoms with Crippen LogP contribution in [0.2, 0.25) is 0 Å². The van der Waals surface area contributed by atoms with Crippen molar-refractivity contribution in [2.24, 2.45) is 0 Å². The molecular formula is C19H21NO4. The van der Waals surface area contributed by atoms with Gasteiger partial charge in [0, 0.05) is 5.69 Å². The maximum absolute atomic E-state index is 12.0. The molecule has 0 saturated carbocycles. The largest absolute Gasteiger partial charge is 0.478 e. The van der Waals surface area contributed by atoms with Crippen LogP contribution in [0, 0.1) is 13.8 Å². The number of carboxylic acids is 1. The van der Waals surface area contributed by atoms with E-state index in [0.717, 1.165) is 11.1 Å². The van der Waals surface area contributed by atoms with Crippen LogP contribution in [0.4, 0.5) is 5.69 Å². The second kappa shape index (κ2) is 8.26. The molecule has 24 heavy (non-hydrogen) atoms. The van der Waals surface area contributed by atoms with Crippen LogP contribution in [0.25, 0.3) is 0 Å². The summed E-state index contributed by atoms with van der Waals surface area (Å²) >= 11 is 0. The van der Waals surface area contributed by atoms with Crippen molar-refractivity contribution in [1.82, 2.24) is 0 Å². The molecule has 2 aromatic carbocycles. The number of anilines is 1. The Morgan fingerprint density at radius 3 is 2.46 bits per heavy atom. The summed E-state index contributed by atoms with van der Waals surface area (Å²) in [5.74, 6) is -1.21. The highest BCUT2D eigenvalue weighted by Gasteiger charge is 2.12. The number of amides is 1. The van der Waals surface area contributed by atoms with Gasteiger partial charge in [-0.05, 0) is 36.6 Å². The Labute approximate surface area is 141 Å². The van der Waals surface area contributed by atoms with Crippen molar-refractivity contribution in [2.75, 3.05) is 11.9 Å². The van der Waals surface area contributed by atoms with Gasteiger partial charge in [0.05, 0.1) is 25.2 Å². The van der Waals surface area contributed by atoms with Crippen LogP contribution in [0.15, 0.2) is 42.5 Å². The molecule has 2 N–H and O–H groups in total. The smallest absolute Gasteiger partial charge is 0.336 e. The zero-order chi connectivity index (χ0) is 17.5. The Bertz CT molecular complexity index is 726. The molecule has 0 aliphatic carbocycles. The van der Waals surface area contributed by atoms with Gasteiger partial charge >= 0.3 is 5.97 Å². The van der Waals surface area contributed by atoms with E-state index in [1.165, 1.54) is 6.07 Å². The van der Waals surface area contributed by atoms with E-state index in [2.05, 4.69) is 5.32 Å². The number of aryl methyl sites for hydroxylation is 2. The fraction of sp³-hybridized carbons (Fsp3) is 0.263. The Morgan fingerprint density at radius 2 is 1.79 bits per heavy atom. The molecular weight excluding hydrogens is 306 g/mol. The average molecular weight is 327 g/mol. The molecule has 0 heterocycles. The van der Waals surface area contributed by atoms with Crippen molar-refractivity contribution in [3.8, 4) is 0 Å². The summed E-state index contributed by atoms with van der Waals surface area (Å²) in [7, 11) is 0. The van der Waals surface area contributed by atoms with E-state index in [9.17, 15) is 9.59 Å². The lowest BCUT2D eigenvalue weighted by Crippen LogP contribution is -2.15. The highest BCUT2D eigenvalue weighted by molar-refractivity contribution is 5.95. The molecule has 0 fully saturated rings. The van der Waals surface area contributed by atoms with Crippen LogP contribution in [0.5, 0.6) is 0 Å². The third-order valence-electron chi connectivity index (χ3n) is 3.66. The maximum atomic E-state index is 12.0. The topological polar surface area (TPSA) is 75.6 Å². The Kier molecular flexibility index (Phi) is 6.09. The van der Waals surface area contributed by atoms with E-state index in [1.54, 1.807) is 13.0 Å². The van der Waals surface area contributed by atoms with Crippen LogP contribution >= 0.6 is 0 Å². The molecule has 126 valence electrons. The third kappa shape index (κ3) is 4.93. The number of carbonyl (C=O) groups excluding carboxylic acids is 1. The molecule has 2 aromatic rings. The van der Waals surface area contributed by atoms with Gasteiger partial charge in [-0.2, -0.15) is 0 Å². The fourth-order valence-electron chi connectivity index (χ4n) is 2.36. The summed E-state index contributed by atoms with van der Waals surface area (Å²) < 4.78 is 5.48. The molecule has 2 rings (SSSR count). The molecule has 0 unspecified atom stereocenters. The number of carboxylic acid groups (broad SMARTS) is 1. The average Bonchev–Trinajstić information content (AvgIpc) is 2.55. The monoisotopic (exact) mass is 327 g/mol. The number of ether oxygens (including phenoxy) is 1. The molecule has 0 atom stereocenters. The van der Waals surface area contributed by atoms with Crippen molar-refractivity contribution in [1.29, 1.82) is 0 Å². The Balaban J connectivity index is 1.86. The molecule has 5 heteroatoms. The number of rotatable bonds is 7. The predicted molar refractivity (Wildman–Crippen MR) is 92.2 cm³/mol. The lowest BCUT2D eigenvalue weighted by molar-refractivity contribution is -0.117. The fourth-order valence-corrected chi connectivity index (χ4v) is 2.36. The minimum Gasteiger partial charge on any atom is -0.478 e. The first kappa shape index (κ1) is 17.7. The first-order chi connectivity index (χ1) is 11.5. The van der Waals surface area contributed by atoms with E-state index in [-0.39, 0.29) is 17.9 Å². The van der Waals surface area contributed by atoms with E-state index < -0.39 is 5.97 Å². The van der Waals surface area contributed by atoms with E-state index in [0.29, 0.717) is 24.5 Å². The first-order valence-electron chi connectivity index (χ1n) is 7.73. The van der Waals surface area contributed by atoms with Gasteiger partial charge in [-0.15, -0.1) is 0 Å². The quantitative estimate of drug-likeness (QED) is 0.763. The summed E-state index contributed by atoms with van der Waals surface area (Å²) in [4.78, 5) is 23.2. The zero-order valence-electron chi connectivity index (χ0n) is 13.8. The minimum atomic E-state index is -1.01. The molecule has 0 saturated heterocycles. The SMILES string of the molecule is Cc1cc(C)c(C(=O)O)cc1NC(=O)CCOCc1ccccc1. The van der Waals surface area contributed by atoms with E-state index in [4.69, 9.17) is 9.84 Å². The highest BCUT2D eigenvalue weighted by Crippen LogP contribution is 2.21. The number of nitrogens with one attached hydrogen (secondary N) is 1. The molecule has 0 spiro atoms. The first-order valence-corrected chi connectivity index (χ1v) is 7.73. The van der Waals surface area contributed by atoms with Crippen molar-refractivity contribution < 1.29 is 19.4 Å². The van der Waals surface area contributed by atoms with Crippen molar-refractivity contribution >= 4 is 17.6 Å². The number of hydrogen-bond acceptors (Lipinski definition) is 3. The van der Waals surface area contributed by atoms with Crippen molar-refractivity contribution in [2.45, 2.75) is 26.9 Å². The number of carbonyl (C=O) groups is 2. The number of hydrogen-bond donors (Lipinski definition) is 2. The van der Waals surface area contributed by atoms with E-state index >= 15 is 0 Å².